The summed E-state index contributed by atoms with van der Waals surface area (Å²) in [5.74, 6) is 4.95. The Labute approximate surface area is 115 Å². The molecule has 0 saturated heterocycles. The number of rotatable bonds is 3. The van der Waals surface area contributed by atoms with E-state index in [0.717, 1.165) is 10.9 Å². The number of carboxylic acids is 1. The molecule has 0 amide bonds. The fraction of sp³-hybridized carbons (Fsp3) is 0.133. The highest BCUT2D eigenvalue weighted by Gasteiger charge is 2.08. The molecule has 0 aliphatic rings. The topological polar surface area (TPSA) is 86.1 Å². The molecule has 0 fully saturated rings. The molecule has 0 radical (unpaired) electrons. The van der Waals surface area contributed by atoms with Gasteiger partial charge in [-0.2, -0.15) is 0 Å². The van der Waals surface area contributed by atoms with Gasteiger partial charge in [-0.15, -0.1) is 0 Å². The van der Waals surface area contributed by atoms with Gasteiger partial charge < -0.3 is 5.11 Å². The van der Waals surface area contributed by atoms with Gasteiger partial charge in [-0.1, -0.05) is 41.2 Å². The van der Waals surface area contributed by atoms with Crippen molar-refractivity contribution in [2.75, 3.05) is 6.54 Å². The van der Waals surface area contributed by atoms with Crippen LogP contribution in [0, 0.1) is 11.8 Å². The lowest BCUT2D eigenvalue weighted by Gasteiger charge is -2.04. The van der Waals surface area contributed by atoms with Crippen LogP contribution in [-0.2, 0) is 0 Å². The first kappa shape index (κ1) is 13.5. The van der Waals surface area contributed by atoms with Gasteiger partial charge in [-0.3, -0.25) is 0 Å². The lowest BCUT2D eigenvalue weighted by atomic mass is 10.0. The van der Waals surface area contributed by atoms with Gasteiger partial charge >= 0.3 is 5.97 Å². The first-order valence-electron chi connectivity index (χ1n) is 5.99. The average molecular weight is 265 g/mol. The van der Waals surface area contributed by atoms with Crippen molar-refractivity contribution in [1.82, 2.24) is 0 Å². The summed E-state index contributed by atoms with van der Waals surface area (Å²) in [5.41, 5.74) is 9.20. The molecule has 0 atom stereocenters. The van der Waals surface area contributed by atoms with E-state index in [1.165, 1.54) is 0 Å². The van der Waals surface area contributed by atoms with Gasteiger partial charge in [0.25, 0.3) is 0 Å². The second kappa shape index (κ2) is 6.28. The number of azide groups is 1. The molecular weight excluding hydrogens is 254 g/mol. The fourth-order valence-corrected chi connectivity index (χ4v) is 1.91. The lowest BCUT2D eigenvalue weighted by Crippen LogP contribution is -1.97. The van der Waals surface area contributed by atoms with Crippen molar-refractivity contribution in [3.05, 3.63) is 58.0 Å². The quantitative estimate of drug-likeness (QED) is 0.302. The Balaban J connectivity index is 2.42. The van der Waals surface area contributed by atoms with Crippen LogP contribution >= 0.6 is 0 Å². The van der Waals surface area contributed by atoms with Gasteiger partial charge in [-0.05, 0) is 28.4 Å². The van der Waals surface area contributed by atoms with E-state index in [0.29, 0.717) is 18.4 Å². The van der Waals surface area contributed by atoms with Crippen molar-refractivity contribution in [3.63, 3.8) is 0 Å². The smallest absolute Gasteiger partial charge is 0.336 e. The minimum Gasteiger partial charge on any atom is -0.478 e. The van der Waals surface area contributed by atoms with E-state index in [1.54, 1.807) is 24.3 Å². The average Bonchev–Trinajstić information content (AvgIpc) is 2.46. The second-order valence-corrected chi connectivity index (χ2v) is 4.02. The van der Waals surface area contributed by atoms with Crippen molar-refractivity contribution < 1.29 is 9.90 Å². The number of hydrogen-bond acceptors (Lipinski definition) is 2. The predicted molar refractivity (Wildman–Crippen MR) is 76.4 cm³/mol. The molecule has 0 aromatic heterocycles. The van der Waals surface area contributed by atoms with Crippen molar-refractivity contribution in [2.45, 2.75) is 6.42 Å². The minimum atomic E-state index is -0.955. The first-order chi connectivity index (χ1) is 9.74. The predicted octanol–water partition coefficient (Wildman–Crippen LogP) is 3.59. The van der Waals surface area contributed by atoms with Crippen LogP contribution in [0.4, 0.5) is 0 Å². The zero-order valence-corrected chi connectivity index (χ0v) is 10.6. The lowest BCUT2D eigenvalue weighted by molar-refractivity contribution is 0.0699. The maximum atomic E-state index is 11.2. The zero-order valence-electron chi connectivity index (χ0n) is 10.6. The molecular formula is C15H11N3O2. The van der Waals surface area contributed by atoms with E-state index in [2.05, 4.69) is 21.9 Å². The number of aromatic carboxylic acids is 1. The number of benzene rings is 2. The van der Waals surface area contributed by atoms with E-state index < -0.39 is 5.97 Å². The Morgan fingerprint density at radius 2 is 2.00 bits per heavy atom. The highest BCUT2D eigenvalue weighted by atomic mass is 16.4. The van der Waals surface area contributed by atoms with Gasteiger partial charge in [-0.25, -0.2) is 4.79 Å². The third-order valence-corrected chi connectivity index (χ3v) is 2.78. The Kier molecular flexibility index (Phi) is 4.23. The van der Waals surface area contributed by atoms with Gasteiger partial charge in [0.05, 0.1) is 5.56 Å². The molecule has 20 heavy (non-hydrogen) atoms. The summed E-state index contributed by atoms with van der Waals surface area (Å²) >= 11 is 0. The Bertz CT molecular complexity index is 766. The van der Waals surface area contributed by atoms with E-state index in [1.807, 2.05) is 12.1 Å². The van der Waals surface area contributed by atoms with Crippen LogP contribution < -0.4 is 0 Å². The molecule has 0 saturated carbocycles. The van der Waals surface area contributed by atoms with E-state index in [9.17, 15) is 4.79 Å². The second-order valence-electron chi connectivity index (χ2n) is 4.02. The van der Waals surface area contributed by atoms with Gasteiger partial charge in [0.15, 0.2) is 0 Å². The van der Waals surface area contributed by atoms with Crippen molar-refractivity contribution in [1.29, 1.82) is 0 Å². The van der Waals surface area contributed by atoms with Crippen LogP contribution in [0.15, 0.2) is 41.5 Å². The largest absolute Gasteiger partial charge is 0.478 e. The minimum absolute atomic E-state index is 0.264. The molecule has 0 bridgehead atoms. The standard InChI is InChI=1S/C15H11N3O2/c16-18-17-10-2-1-5-11-6-3-8-13-12(11)7-4-9-14(13)15(19)20/h3-4,6-9H,2,10H2,(H,19,20). The molecule has 0 spiro atoms. The summed E-state index contributed by atoms with van der Waals surface area (Å²) in [5, 5.41) is 14.0. The van der Waals surface area contributed by atoms with E-state index in [-0.39, 0.29) is 5.56 Å². The highest BCUT2D eigenvalue weighted by Crippen LogP contribution is 2.22. The normalized spacial score (nSPS) is 9.40. The summed E-state index contributed by atoms with van der Waals surface area (Å²) in [6, 6.07) is 10.5. The zero-order chi connectivity index (χ0) is 14.4. The molecule has 0 heterocycles. The number of fused-ring (bicyclic) bond motifs is 1. The van der Waals surface area contributed by atoms with Crippen molar-refractivity contribution in [2.24, 2.45) is 5.11 Å². The first-order valence-corrected chi connectivity index (χ1v) is 5.99. The maximum Gasteiger partial charge on any atom is 0.336 e. The molecule has 5 nitrogen and oxygen atoms in total. The van der Waals surface area contributed by atoms with Gasteiger partial charge in [0, 0.05) is 23.4 Å². The maximum absolute atomic E-state index is 11.2. The van der Waals surface area contributed by atoms with E-state index in [4.69, 9.17) is 10.6 Å². The Hall–Kier alpha value is -2.96. The molecule has 2 rings (SSSR count). The number of nitrogens with zero attached hydrogens (tertiary/aromatic N) is 3. The Morgan fingerprint density at radius 1 is 1.25 bits per heavy atom. The van der Waals surface area contributed by atoms with Gasteiger partial charge in [0.1, 0.15) is 0 Å². The molecule has 2 aromatic rings. The highest BCUT2D eigenvalue weighted by molar-refractivity contribution is 6.05. The molecule has 0 unspecified atom stereocenters. The molecule has 1 N–H and O–H groups in total. The van der Waals surface area contributed by atoms with Gasteiger partial charge in [0.2, 0.25) is 0 Å². The van der Waals surface area contributed by atoms with Crippen molar-refractivity contribution in [3.8, 4) is 11.8 Å². The number of carbonyl (C=O) groups is 1. The molecule has 5 heteroatoms. The van der Waals surface area contributed by atoms with Crippen LogP contribution in [0.3, 0.4) is 0 Å². The van der Waals surface area contributed by atoms with Crippen molar-refractivity contribution >= 4 is 16.7 Å². The third kappa shape index (κ3) is 2.89. The summed E-state index contributed by atoms with van der Waals surface area (Å²) in [4.78, 5) is 13.8. The number of carboxylic acid groups (broad SMARTS) is 1. The molecule has 0 aliphatic heterocycles. The summed E-state index contributed by atoms with van der Waals surface area (Å²) in [7, 11) is 0. The Morgan fingerprint density at radius 3 is 2.75 bits per heavy atom. The van der Waals surface area contributed by atoms with Crippen LogP contribution in [0.1, 0.15) is 22.3 Å². The van der Waals surface area contributed by atoms with E-state index >= 15 is 0 Å². The third-order valence-electron chi connectivity index (χ3n) is 2.78. The van der Waals surface area contributed by atoms with Crippen LogP contribution in [-0.4, -0.2) is 17.6 Å². The molecule has 2 aromatic carbocycles. The SMILES string of the molecule is [N-]=[N+]=NCCC#Cc1cccc2c(C(=O)O)cccc12. The van der Waals surface area contributed by atoms with Crippen LogP contribution in [0.2, 0.25) is 0 Å². The fourth-order valence-electron chi connectivity index (χ4n) is 1.91. The summed E-state index contributed by atoms with van der Waals surface area (Å²) in [6.45, 7) is 0.328. The monoisotopic (exact) mass is 265 g/mol. The van der Waals surface area contributed by atoms with Crippen LogP contribution in [0.25, 0.3) is 21.2 Å². The number of hydrogen-bond donors (Lipinski definition) is 1. The van der Waals surface area contributed by atoms with Crippen LogP contribution in [0.5, 0.6) is 0 Å². The summed E-state index contributed by atoms with van der Waals surface area (Å²) < 4.78 is 0. The molecule has 98 valence electrons. The summed E-state index contributed by atoms with van der Waals surface area (Å²) in [6.07, 6.45) is 0.471. The molecule has 0 aliphatic carbocycles.